The Labute approximate surface area is 111 Å². The summed E-state index contributed by atoms with van der Waals surface area (Å²) < 4.78 is 11.1. The smallest absolute Gasteiger partial charge is 0.224 e. The number of furan rings is 1. The Kier molecular flexibility index (Phi) is 2.99. The van der Waals surface area contributed by atoms with Crippen LogP contribution in [0.25, 0.3) is 0 Å². The molecule has 1 aliphatic rings. The molecule has 1 aromatic carbocycles. The fraction of sp³-hybridized carbons (Fsp3) is 0.267. The number of ether oxygens (including phenoxy) is 1. The van der Waals surface area contributed by atoms with Crippen LogP contribution in [0.15, 0.2) is 34.7 Å². The summed E-state index contributed by atoms with van der Waals surface area (Å²) in [7, 11) is 0. The van der Waals surface area contributed by atoms with Gasteiger partial charge < -0.3 is 14.5 Å². The number of nitrogens with one attached hydrogen (secondary N) is 1. The molecule has 0 atom stereocenters. The maximum atomic E-state index is 11.4. The molecule has 1 aromatic heterocycles. The number of rotatable bonds is 3. The summed E-state index contributed by atoms with van der Waals surface area (Å²) in [5.74, 6) is 2.46. The Balaban J connectivity index is 1.71. The summed E-state index contributed by atoms with van der Waals surface area (Å²) in [6.07, 6.45) is 1.34. The average molecular weight is 257 g/mol. The van der Waals surface area contributed by atoms with E-state index in [1.54, 1.807) is 0 Å². The standard InChI is InChI=1S/C15H15NO3/c1-10-2-5-13(19-10)9-18-12-6-3-11-4-7-15(17)16-14(11)8-12/h2-3,5-6,8H,4,7,9H2,1H3,(H,16,17). The zero-order valence-corrected chi connectivity index (χ0v) is 10.7. The quantitative estimate of drug-likeness (QED) is 0.919. The van der Waals surface area contributed by atoms with E-state index in [4.69, 9.17) is 9.15 Å². The van der Waals surface area contributed by atoms with Crippen molar-refractivity contribution >= 4 is 11.6 Å². The molecule has 1 N–H and O–H groups in total. The molecule has 0 radical (unpaired) electrons. The van der Waals surface area contributed by atoms with E-state index in [1.807, 2.05) is 37.3 Å². The zero-order chi connectivity index (χ0) is 13.2. The topological polar surface area (TPSA) is 51.5 Å². The maximum absolute atomic E-state index is 11.4. The van der Waals surface area contributed by atoms with Crippen LogP contribution in [-0.4, -0.2) is 5.91 Å². The molecule has 0 unspecified atom stereocenters. The second kappa shape index (κ2) is 4.80. The Morgan fingerprint density at radius 3 is 2.95 bits per heavy atom. The zero-order valence-electron chi connectivity index (χ0n) is 10.7. The summed E-state index contributed by atoms with van der Waals surface area (Å²) in [4.78, 5) is 11.4. The van der Waals surface area contributed by atoms with Gasteiger partial charge in [0, 0.05) is 18.2 Å². The van der Waals surface area contributed by atoms with Crippen LogP contribution in [0.4, 0.5) is 5.69 Å². The third kappa shape index (κ3) is 2.62. The number of hydrogen-bond acceptors (Lipinski definition) is 3. The van der Waals surface area contributed by atoms with Gasteiger partial charge >= 0.3 is 0 Å². The third-order valence-corrected chi connectivity index (χ3v) is 3.15. The molecule has 98 valence electrons. The fourth-order valence-electron chi connectivity index (χ4n) is 2.16. The van der Waals surface area contributed by atoms with Crippen molar-refractivity contribution in [2.75, 3.05) is 5.32 Å². The Morgan fingerprint density at radius 1 is 1.26 bits per heavy atom. The van der Waals surface area contributed by atoms with Gasteiger partial charge in [-0.15, -0.1) is 0 Å². The number of aryl methyl sites for hydroxylation is 2. The van der Waals surface area contributed by atoms with Gasteiger partial charge in [0.15, 0.2) is 0 Å². The maximum Gasteiger partial charge on any atom is 0.224 e. The highest BCUT2D eigenvalue weighted by atomic mass is 16.5. The number of anilines is 1. The summed E-state index contributed by atoms with van der Waals surface area (Å²) in [6, 6.07) is 9.59. The molecule has 1 amide bonds. The molecule has 4 heteroatoms. The second-order valence-corrected chi connectivity index (χ2v) is 4.67. The van der Waals surface area contributed by atoms with Crippen molar-refractivity contribution in [1.82, 2.24) is 0 Å². The molecule has 0 aliphatic carbocycles. The van der Waals surface area contributed by atoms with Crippen molar-refractivity contribution < 1.29 is 13.9 Å². The molecule has 0 bridgehead atoms. The normalized spacial score (nSPS) is 13.8. The van der Waals surface area contributed by atoms with Crippen LogP contribution < -0.4 is 10.1 Å². The van der Waals surface area contributed by atoms with Crippen LogP contribution >= 0.6 is 0 Å². The number of hydrogen-bond donors (Lipinski definition) is 1. The van der Waals surface area contributed by atoms with Gasteiger partial charge in [-0.05, 0) is 37.1 Å². The molecule has 0 fully saturated rings. The molecule has 1 aliphatic heterocycles. The van der Waals surface area contributed by atoms with Gasteiger partial charge in [0.2, 0.25) is 5.91 Å². The van der Waals surface area contributed by atoms with Crippen LogP contribution in [-0.2, 0) is 17.8 Å². The number of fused-ring (bicyclic) bond motifs is 1. The monoisotopic (exact) mass is 257 g/mol. The van der Waals surface area contributed by atoms with Crippen LogP contribution in [0.2, 0.25) is 0 Å². The molecule has 0 saturated carbocycles. The molecule has 19 heavy (non-hydrogen) atoms. The van der Waals surface area contributed by atoms with Crippen molar-refractivity contribution in [2.24, 2.45) is 0 Å². The Hall–Kier alpha value is -2.23. The lowest BCUT2D eigenvalue weighted by Crippen LogP contribution is -2.18. The van der Waals surface area contributed by atoms with Crippen molar-refractivity contribution in [3.63, 3.8) is 0 Å². The highest BCUT2D eigenvalue weighted by Gasteiger charge is 2.15. The van der Waals surface area contributed by atoms with Gasteiger partial charge in [0.05, 0.1) is 0 Å². The second-order valence-electron chi connectivity index (χ2n) is 4.67. The summed E-state index contributed by atoms with van der Waals surface area (Å²) >= 11 is 0. The third-order valence-electron chi connectivity index (χ3n) is 3.15. The lowest BCUT2D eigenvalue weighted by atomic mass is 10.0. The highest BCUT2D eigenvalue weighted by molar-refractivity contribution is 5.94. The first-order valence-electron chi connectivity index (χ1n) is 6.31. The first kappa shape index (κ1) is 11.8. The van der Waals surface area contributed by atoms with Crippen molar-refractivity contribution in [3.05, 3.63) is 47.4 Å². The molecule has 4 nitrogen and oxygen atoms in total. The van der Waals surface area contributed by atoms with Crippen LogP contribution in [0, 0.1) is 6.92 Å². The van der Waals surface area contributed by atoms with Gasteiger partial charge in [-0.3, -0.25) is 4.79 Å². The largest absolute Gasteiger partial charge is 0.486 e. The van der Waals surface area contributed by atoms with E-state index >= 15 is 0 Å². The number of carbonyl (C=O) groups is 1. The number of benzene rings is 1. The average Bonchev–Trinajstić information content (AvgIpc) is 2.81. The SMILES string of the molecule is Cc1ccc(COc2ccc3c(c2)NC(=O)CC3)o1. The predicted octanol–water partition coefficient (Wildman–Crippen LogP) is 3.05. The molecule has 0 saturated heterocycles. The first-order chi connectivity index (χ1) is 9.20. The van der Waals surface area contributed by atoms with Crippen molar-refractivity contribution in [2.45, 2.75) is 26.4 Å². The van der Waals surface area contributed by atoms with Crippen LogP contribution in [0.3, 0.4) is 0 Å². The molecule has 2 heterocycles. The summed E-state index contributed by atoms with van der Waals surface area (Å²) in [5, 5.41) is 2.86. The van der Waals surface area contributed by atoms with Crippen LogP contribution in [0.1, 0.15) is 23.5 Å². The Morgan fingerprint density at radius 2 is 2.16 bits per heavy atom. The highest BCUT2D eigenvalue weighted by Crippen LogP contribution is 2.27. The fourth-order valence-corrected chi connectivity index (χ4v) is 2.16. The summed E-state index contributed by atoms with van der Waals surface area (Å²) in [6.45, 7) is 2.29. The van der Waals surface area contributed by atoms with E-state index in [0.717, 1.165) is 34.9 Å². The first-order valence-corrected chi connectivity index (χ1v) is 6.31. The van der Waals surface area contributed by atoms with Gasteiger partial charge in [0.25, 0.3) is 0 Å². The van der Waals surface area contributed by atoms with Gasteiger partial charge in [-0.1, -0.05) is 6.07 Å². The molecule has 3 rings (SSSR count). The van der Waals surface area contributed by atoms with Crippen molar-refractivity contribution in [1.29, 1.82) is 0 Å². The minimum atomic E-state index is 0.0614. The van der Waals surface area contributed by atoms with E-state index in [2.05, 4.69) is 5.32 Å². The molecular weight excluding hydrogens is 242 g/mol. The minimum Gasteiger partial charge on any atom is -0.486 e. The lowest BCUT2D eigenvalue weighted by molar-refractivity contribution is -0.116. The van der Waals surface area contributed by atoms with E-state index in [9.17, 15) is 4.79 Å². The van der Waals surface area contributed by atoms with Crippen molar-refractivity contribution in [3.8, 4) is 5.75 Å². The number of carbonyl (C=O) groups excluding carboxylic acids is 1. The van der Waals surface area contributed by atoms with E-state index in [-0.39, 0.29) is 5.91 Å². The van der Waals surface area contributed by atoms with E-state index < -0.39 is 0 Å². The lowest BCUT2D eigenvalue weighted by Gasteiger charge is -2.17. The van der Waals surface area contributed by atoms with Crippen LogP contribution in [0.5, 0.6) is 5.75 Å². The molecule has 0 spiro atoms. The Bertz CT molecular complexity index is 616. The predicted molar refractivity (Wildman–Crippen MR) is 71.2 cm³/mol. The van der Waals surface area contributed by atoms with E-state index in [1.165, 1.54) is 0 Å². The molecular formula is C15H15NO3. The van der Waals surface area contributed by atoms with Gasteiger partial charge in [-0.2, -0.15) is 0 Å². The minimum absolute atomic E-state index is 0.0614. The summed E-state index contributed by atoms with van der Waals surface area (Å²) in [5.41, 5.74) is 2.00. The number of amides is 1. The van der Waals surface area contributed by atoms with E-state index in [0.29, 0.717) is 13.0 Å². The molecule has 2 aromatic rings. The van der Waals surface area contributed by atoms with Gasteiger partial charge in [0.1, 0.15) is 23.9 Å². The van der Waals surface area contributed by atoms with Gasteiger partial charge in [-0.25, -0.2) is 0 Å².